The van der Waals surface area contributed by atoms with Gasteiger partial charge in [-0.1, -0.05) is 6.07 Å². The maximum atomic E-state index is 12.2. The van der Waals surface area contributed by atoms with Crippen molar-refractivity contribution in [3.63, 3.8) is 0 Å². The zero-order valence-corrected chi connectivity index (χ0v) is 13.4. The van der Waals surface area contributed by atoms with Gasteiger partial charge >= 0.3 is 5.97 Å². The molecule has 3 rings (SSSR count). The largest absolute Gasteiger partial charge is 0.495 e. The fourth-order valence-electron chi connectivity index (χ4n) is 2.24. The third-order valence-electron chi connectivity index (χ3n) is 3.42. The monoisotopic (exact) mass is 333 g/mol. The van der Waals surface area contributed by atoms with E-state index >= 15 is 0 Å². The Morgan fingerprint density at radius 3 is 3.00 bits per heavy atom. The van der Waals surface area contributed by atoms with E-state index in [1.807, 2.05) is 0 Å². The van der Waals surface area contributed by atoms with Gasteiger partial charge in [-0.15, -0.1) is 11.3 Å². The number of carbonyl (C=O) groups excluding carboxylic acids is 2. The molecule has 1 aromatic heterocycles. The zero-order valence-electron chi connectivity index (χ0n) is 12.6. The standard InChI is InChI=1S/C16H15NO5S/c1-9(22-16(19)15-13(20-2)5-6-23-15)10-3-4-12-11(7-10)17-14(18)8-21-12/h3-7,9H,8H2,1-2H3,(H,17,18). The van der Waals surface area contributed by atoms with E-state index in [1.165, 1.54) is 18.4 Å². The second-order valence-electron chi connectivity index (χ2n) is 4.96. The third-order valence-corrected chi connectivity index (χ3v) is 4.30. The molecule has 0 spiro atoms. The molecule has 1 aliphatic rings. The van der Waals surface area contributed by atoms with E-state index in [-0.39, 0.29) is 12.5 Å². The predicted molar refractivity (Wildman–Crippen MR) is 85.3 cm³/mol. The van der Waals surface area contributed by atoms with Crippen LogP contribution in [0.3, 0.4) is 0 Å². The molecule has 2 aromatic rings. The topological polar surface area (TPSA) is 73.9 Å². The molecule has 1 amide bonds. The van der Waals surface area contributed by atoms with Gasteiger partial charge in [0.1, 0.15) is 17.6 Å². The lowest BCUT2D eigenvalue weighted by molar-refractivity contribution is -0.118. The summed E-state index contributed by atoms with van der Waals surface area (Å²) in [6, 6.07) is 7.02. The Kier molecular flexibility index (Phi) is 4.20. The SMILES string of the molecule is COc1ccsc1C(=O)OC(C)c1ccc2c(c1)NC(=O)CO2. The van der Waals surface area contributed by atoms with Crippen LogP contribution in [0.5, 0.6) is 11.5 Å². The van der Waals surface area contributed by atoms with Gasteiger partial charge < -0.3 is 19.5 Å². The van der Waals surface area contributed by atoms with Gasteiger partial charge in [-0.2, -0.15) is 0 Å². The van der Waals surface area contributed by atoms with Crippen LogP contribution in [0.1, 0.15) is 28.3 Å². The number of anilines is 1. The Labute approximate surface area is 137 Å². The lowest BCUT2D eigenvalue weighted by atomic mass is 10.1. The third kappa shape index (κ3) is 3.14. The van der Waals surface area contributed by atoms with Crippen molar-refractivity contribution < 1.29 is 23.8 Å². The molecule has 0 saturated carbocycles. The van der Waals surface area contributed by atoms with Gasteiger partial charge in [0.25, 0.3) is 5.91 Å². The number of rotatable bonds is 4. The molecular weight excluding hydrogens is 318 g/mol. The molecule has 2 heterocycles. The molecule has 120 valence electrons. The van der Waals surface area contributed by atoms with E-state index in [1.54, 1.807) is 36.6 Å². The Balaban J connectivity index is 1.76. The molecule has 1 N–H and O–H groups in total. The summed E-state index contributed by atoms with van der Waals surface area (Å²) in [5.74, 6) is 0.454. The Hall–Kier alpha value is -2.54. The summed E-state index contributed by atoms with van der Waals surface area (Å²) in [7, 11) is 1.51. The highest BCUT2D eigenvalue weighted by atomic mass is 32.1. The first-order valence-corrected chi connectivity index (χ1v) is 7.85. The summed E-state index contributed by atoms with van der Waals surface area (Å²) in [5, 5.41) is 4.50. The van der Waals surface area contributed by atoms with Crippen LogP contribution in [0.15, 0.2) is 29.6 Å². The number of ether oxygens (including phenoxy) is 3. The second kappa shape index (κ2) is 6.29. The Morgan fingerprint density at radius 2 is 2.22 bits per heavy atom. The van der Waals surface area contributed by atoms with Crippen LogP contribution in [0.2, 0.25) is 0 Å². The van der Waals surface area contributed by atoms with E-state index in [9.17, 15) is 9.59 Å². The van der Waals surface area contributed by atoms with Crippen molar-refractivity contribution in [2.75, 3.05) is 19.0 Å². The van der Waals surface area contributed by atoms with E-state index in [4.69, 9.17) is 14.2 Å². The van der Waals surface area contributed by atoms with Gasteiger partial charge in [0.2, 0.25) is 0 Å². The number of esters is 1. The van der Waals surface area contributed by atoms with Crippen molar-refractivity contribution in [1.82, 2.24) is 0 Å². The van der Waals surface area contributed by atoms with Gasteiger partial charge in [-0.25, -0.2) is 4.79 Å². The molecule has 6 nitrogen and oxygen atoms in total. The fraction of sp³-hybridized carbons (Fsp3) is 0.250. The van der Waals surface area contributed by atoms with E-state index in [2.05, 4.69) is 5.32 Å². The van der Waals surface area contributed by atoms with Crippen molar-refractivity contribution in [1.29, 1.82) is 0 Å². The minimum Gasteiger partial charge on any atom is -0.495 e. The lowest BCUT2D eigenvalue weighted by Crippen LogP contribution is -2.25. The number of hydrogen-bond acceptors (Lipinski definition) is 6. The molecule has 1 atom stereocenters. The molecule has 1 unspecified atom stereocenters. The Morgan fingerprint density at radius 1 is 1.39 bits per heavy atom. The first-order chi connectivity index (χ1) is 11.1. The summed E-state index contributed by atoms with van der Waals surface area (Å²) in [6.07, 6.45) is -0.474. The van der Waals surface area contributed by atoms with Crippen LogP contribution in [-0.2, 0) is 9.53 Å². The van der Waals surface area contributed by atoms with Crippen LogP contribution in [0.4, 0.5) is 5.69 Å². The van der Waals surface area contributed by atoms with Crippen LogP contribution in [-0.4, -0.2) is 25.6 Å². The van der Waals surface area contributed by atoms with Crippen LogP contribution >= 0.6 is 11.3 Å². The highest BCUT2D eigenvalue weighted by molar-refractivity contribution is 7.12. The molecule has 0 aliphatic carbocycles. The summed E-state index contributed by atoms with van der Waals surface area (Å²) in [4.78, 5) is 24.0. The van der Waals surface area contributed by atoms with Gasteiger partial charge in [-0.3, -0.25) is 4.79 Å². The number of thiophene rings is 1. The number of carbonyl (C=O) groups is 2. The van der Waals surface area contributed by atoms with Gasteiger partial charge in [0, 0.05) is 0 Å². The Bertz CT molecular complexity index is 755. The summed E-state index contributed by atoms with van der Waals surface area (Å²) >= 11 is 1.27. The van der Waals surface area contributed by atoms with E-state index in [0.717, 1.165) is 5.56 Å². The second-order valence-corrected chi connectivity index (χ2v) is 5.87. The maximum absolute atomic E-state index is 12.2. The summed E-state index contributed by atoms with van der Waals surface area (Å²) in [5.41, 5.74) is 1.34. The maximum Gasteiger partial charge on any atom is 0.352 e. The van der Waals surface area contributed by atoms with Crippen LogP contribution < -0.4 is 14.8 Å². The minimum absolute atomic E-state index is 0.00899. The van der Waals surface area contributed by atoms with Gasteiger partial charge in [0.15, 0.2) is 11.5 Å². The molecule has 1 aliphatic heterocycles. The number of methoxy groups -OCH3 is 1. The van der Waals surface area contributed by atoms with E-state index in [0.29, 0.717) is 22.1 Å². The molecule has 0 bridgehead atoms. The quantitative estimate of drug-likeness (QED) is 0.871. The number of nitrogens with one attached hydrogen (secondary N) is 1. The average molecular weight is 333 g/mol. The predicted octanol–water partition coefficient (Wildman–Crippen LogP) is 3.01. The van der Waals surface area contributed by atoms with Crippen molar-refractivity contribution in [3.05, 3.63) is 40.1 Å². The molecule has 7 heteroatoms. The minimum atomic E-state index is -0.474. The average Bonchev–Trinajstić information content (AvgIpc) is 3.02. The molecule has 0 radical (unpaired) electrons. The van der Waals surface area contributed by atoms with Crippen LogP contribution in [0, 0.1) is 0 Å². The number of hydrogen-bond donors (Lipinski definition) is 1. The van der Waals surface area contributed by atoms with Crippen molar-refractivity contribution in [2.45, 2.75) is 13.0 Å². The van der Waals surface area contributed by atoms with Crippen molar-refractivity contribution in [2.24, 2.45) is 0 Å². The number of benzene rings is 1. The molecular formula is C16H15NO5S. The summed E-state index contributed by atoms with van der Waals surface area (Å²) < 4.78 is 15.9. The number of fused-ring (bicyclic) bond motifs is 1. The van der Waals surface area contributed by atoms with Gasteiger partial charge in [-0.05, 0) is 36.1 Å². The first-order valence-electron chi connectivity index (χ1n) is 6.97. The highest BCUT2D eigenvalue weighted by Gasteiger charge is 2.21. The normalized spacial score (nSPS) is 14.3. The first kappa shape index (κ1) is 15.4. The van der Waals surface area contributed by atoms with E-state index < -0.39 is 12.1 Å². The van der Waals surface area contributed by atoms with Crippen LogP contribution in [0.25, 0.3) is 0 Å². The lowest BCUT2D eigenvalue weighted by Gasteiger charge is -2.20. The highest BCUT2D eigenvalue weighted by Crippen LogP contribution is 2.33. The molecule has 0 saturated heterocycles. The molecule has 23 heavy (non-hydrogen) atoms. The molecule has 1 aromatic carbocycles. The van der Waals surface area contributed by atoms with Crippen molar-refractivity contribution >= 4 is 28.9 Å². The zero-order chi connectivity index (χ0) is 16.4. The van der Waals surface area contributed by atoms with Gasteiger partial charge in [0.05, 0.1) is 12.8 Å². The molecule has 0 fully saturated rings. The fourth-order valence-corrected chi connectivity index (χ4v) is 2.98. The summed E-state index contributed by atoms with van der Waals surface area (Å²) in [6.45, 7) is 1.78. The van der Waals surface area contributed by atoms with Crippen molar-refractivity contribution in [3.8, 4) is 11.5 Å². The smallest absolute Gasteiger partial charge is 0.352 e. The number of amides is 1.